The third kappa shape index (κ3) is 7.68. The quantitative estimate of drug-likeness (QED) is 0.218. The van der Waals surface area contributed by atoms with Crippen molar-refractivity contribution in [3.05, 3.63) is 112 Å². The normalized spacial score (nSPS) is 19.5. The predicted molar refractivity (Wildman–Crippen MR) is 168 cm³/mol. The van der Waals surface area contributed by atoms with E-state index >= 15 is 0 Å². The molecular formula is C36H43N3O3. The van der Waals surface area contributed by atoms with Gasteiger partial charge in [-0.25, -0.2) is 0 Å². The van der Waals surface area contributed by atoms with E-state index in [-0.39, 0.29) is 24.0 Å². The molecule has 2 aliphatic rings. The Morgan fingerprint density at radius 1 is 1.00 bits per heavy atom. The van der Waals surface area contributed by atoms with Gasteiger partial charge in [0, 0.05) is 31.7 Å². The largest absolute Gasteiger partial charge is 0.482 e. The Hall–Kier alpha value is -3.90. The molecule has 6 nitrogen and oxygen atoms in total. The van der Waals surface area contributed by atoms with E-state index in [1.54, 1.807) is 0 Å². The van der Waals surface area contributed by atoms with E-state index in [4.69, 9.17) is 4.74 Å². The van der Waals surface area contributed by atoms with Gasteiger partial charge in [-0.15, -0.1) is 0 Å². The highest BCUT2D eigenvalue weighted by Gasteiger charge is 2.41. The Kier molecular flexibility index (Phi) is 10.1. The average molecular weight is 566 g/mol. The van der Waals surface area contributed by atoms with E-state index in [1.165, 1.54) is 11.1 Å². The molecule has 2 amide bonds. The van der Waals surface area contributed by atoms with Crippen LogP contribution >= 0.6 is 0 Å². The van der Waals surface area contributed by atoms with Crippen LogP contribution in [-0.4, -0.2) is 53.4 Å². The summed E-state index contributed by atoms with van der Waals surface area (Å²) in [4.78, 5) is 30.8. The van der Waals surface area contributed by atoms with Gasteiger partial charge in [-0.1, -0.05) is 85.6 Å². The number of hydrogen-bond donors (Lipinski definition) is 1. The Balaban J connectivity index is 1.17. The minimum atomic E-state index is -0.0836. The van der Waals surface area contributed by atoms with Crippen LogP contribution in [0.2, 0.25) is 0 Å². The molecule has 2 unspecified atom stereocenters. The topological polar surface area (TPSA) is 61.9 Å². The monoisotopic (exact) mass is 565 g/mol. The number of hydrogen-bond acceptors (Lipinski definition) is 4. The summed E-state index contributed by atoms with van der Waals surface area (Å²) in [5.74, 6) is 0.244. The second-order valence-corrected chi connectivity index (χ2v) is 11.5. The minimum absolute atomic E-state index is 0.0221. The fourth-order valence-corrected chi connectivity index (χ4v) is 6.05. The van der Waals surface area contributed by atoms with E-state index in [0.29, 0.717) is 24.4 Å². The maximum absolute atomic E-state index is 13.6. The fraction of sp³-hybridized carbons (Fsp3) is 0.389. The number of nitrogens with one attached hydrogen (secondary N) is 1. The number of amides is 2. The molecule has 1 heterocycles. The molecule has 3 aromatic rings. The smallest absolute Gasteiger partial charge is 0.289 e. The standard InChI is InChI=1S/C36H43N3O3/c1-3-38(25-29-12-5-4-6-13-29)22-10-21-37-35(40)31-19-17-28(18-20-31)24-34-36(41)39(26-30-14-9-11-27(2)23-30)32-15-7-8-16-33(32)42-34/h4-6,9,11-14,17-20,23-24,32-33H,3,7-8,10,15-16,21-22,25-26H2,1-2H3,(H,37,40)/b34-24+. The van der Waals surface area contributed by atoms with Gasteiger partial charge in [0.15, 0.2) is 5.76 Å². The van der Waals surface area contributed by atoms with Crippen molar-refractivity contribution in [1.82, 2.24) is 15.1 Å². The lowest BCUT2D eigenvalue weighted by molar-refractivity contribution is -0.149. The molecule has 0 radical (unpaired) electrons. The molecule has 1 N–H and O–H groups in total. The third-order valence-corrected chi connectivity index (χ3v) is 8.36. The summed E-state index contributed by atoms with van der Waals surface area (Å²) in [6.07, 6.45) is 6.91. The summed E-state index contributed by atoms with van der Waals surface area (Å²) < 4.78 is 6.29. The number of aryl methyl sites for hydroxylation is 1. The molecule has 2 atom stereocenters. The summed E-state index contributed by atoms with van der Waals surface area (Å²) in [6, 6.07) is 26.3. The highest BCUT2D eigenvalue weighted by Crippen LogP contribution is 2.34. The molecule has 1 saturated heterocycles. The summed E-state index contributed by atoms with van der Waals surface area (Å²) in [5, 5.41) is 3.05. The average Bonchev–Trinajstić information content (AvgIpc) is 3.01. The first-order chi connectivity index (χ1) is 20.5. The molecule has 1 aliphatic heterocycles. The van der Waals surface area contributed by atoms with Gasteiger partial charge >= 0.3 is 0 Å². The zero-order valence-electron chi connectivity index (χ0n) is 24.9. The number of ether oxygens (including phenoxy) is 1. The van der Waals surface area contributed by atoms with Crippen LogP contribution in [0.3, 0.4) is 0 Å². The zero-order valence-corrected chi connectivity index (χ0v) is 24.9. The highest BCUT2D eigenvalue weighted by atomic mass is 16.5. The first-order valence-corrected chi connectivity index (χ1v) is 15.4. The SMILES string of the molecule is CCN(CCCNC(=O)c1ccc(/C=C2/OC3CCCCC3N(Cc3cccc(C)c3)C2=O)cc1)Cc1ccccc1. The number of benzene rings is 3. The van der Waals surface area contributed by atoms with Gasteiger partial charge in [0.25, 0.3) is 11.8 Å². The van der Waals surface area contributed by atoms with Crippen molar-refractivity contribution < 1.29 is 14.3 Å². The number of nitrogens with zero attached hydrogens (tertiary/aromatic N) is 2. The lowest BCUT2D eigenvalue weighted by Crippen LogP contribution is -2.54. The van der Waals surface area contributed by atoms with E-state index in [0.717, 1.165) is 62.9 Å². The van der Waals surface area contributed by atoms with Crippen LogP contribution in [0.1, 0.15) is 71.6 Å². The first-order valence-electron chi connectivity index (χ1n) is 15.4. The van der Waals surface area contributed by atoms with Crippen LogP contribution in [-0.2, 0) is 22.6 Å². The first kappa shape index (κ1) is 29.6. The second-order valence-electron chi connectivity index (χ2n) is 11.5. The van der Waals surface area contributed by atoms with Crippen molar-refractivity contribution in [3.63, 3.8) is 0 Å². The van der Waals surface area contributed by atoms with Gasteiger partial charge in [-0.2, -0.15) is 0 Å². The molecule has 0 bridgehead atoms. The zero-order chi connectivity index (χ0) is 29.3. The number of carbonyl (C=O) groups is 2. The third-order valence-electron chi connectivity index (χ3n) is 8.36. The van der Waals surface area contributed by atoms with Crippen molar-refractivity contribution in [2.45, 2.75) is 71.2 Å². The number of fused-ring (bicyclic) bond motifs is 1. The maximum atomic E-state index is 13.6. The molecule has 6 heteroatoms. The summed E-state index contributed by atoms with van der Waals surface area (Å²) >= 11 is 0. The molecule has 1 aliphatic carbocycles. The van der Waals surface area contributed by atoms with Crippen LogP contribution in [0, 0.1) is 6.92 Å². The van der Waals surface area contributed by atoms with Crippen molar-refractivity contribution in [1.29, 1.82) is 0 Å². The van der Waals surface area contributed by atoms with Crippen LogP contribution in [0.25, 0.3) is 6.08 Å². The van der Waals surface area contributed by atoms with Gasteiger partial charge in [-0.3, -0.25) is 14.5 Å². The fourth-order valence-electron chi connectivity index (χ4n) is 6.05. The molecule has 42 heavy (non-hydrogen) atoms. The molecule has 0 aromatic heterocycles. The molecule has 220 valence electrons. The lowest BCUT2D eigenvalue weighted by atomic mass is 9.89. The molecular weight excluding hydrogens is 522 g/mol. The number of morpholine rings is 1. The van der Waals surface area contributed by atoms with Crippen molar-refractivity contribution in [2.75, 3.05) is 19.6 Å². The van der Waals surface area contributed by atoms with Gasteiger partial charge < -0.3 is 15.0 Å². The van der Waals surface area contributed by atoms with Crippen molar-refractivity contribution >= 4 is 17.9 Å². The summed E-state index contributed by atoms with van der Waals surface area (Å²) in [7, 11) is 0. The lowest BCUT2D eigenvalue weighted by Gasteiger charge is -2.44. The van der Waals surface area contributed by atoms with Gasteiger partial charge in [0.2, 0.25) is 0 Å². The van der Waals surface area contributed by atoms with Crippen molar-refractivity contribution in [3.8, 4) is 0 Å². The Labute approximate surface area is 250 Å². The Bertz CT molecular complexity index is 1370. The second kappa shape index (κ2) is 14.3. The number of carbonyl (C=O) groups excluding carboxylic acids is 2. The van der Waals surface area contributed by atoms with E-state index < -0.39 is 0 Å². The van der Waals surface area contributed by atoms with E-state index in [9.17, 15) is 9.59 Å². The Morgan fingerprint density at radius 2 is 1.76 bits per heavy atom. The number of rotatable bonds is 11. The molecule has 2 fully saturated rings. The summed E-state index contributed by atoms with van der Waals surface area (Å²) in [5.41, 5.74) is 5.09. The van der Waals surface area contributed by atoms with Gasteiger partial charge in [-0.05, 0) is 74.1 Å². The van der Waals surface area contributed by atoms with E-state index in [2.05, 4.69) is 66.5 Å². The van der Waals surface area contributed by atoms with Gasteiger partial charge in [0.1, 0.15) is 6.10 Å². The van der Waals surface area contributed by atoms with Crippen LogP contribution < -0.4 is 5.32 Å². The molecule has 1 saturated carbocycles. The van der Waals surface area contributed by atoms with E-state index in [1.807, 2.05) is 47.4 Å². The minimum Gasteiger partial charge on any atom is -0.482 e. The van der Waals surface area contributed by atoms with Crippen LogP contribution in [0.4, 0.5) is 0 Å². The van der Waals surface area contributed by atoms with Crippen molar-refractivity contribution in [2.24, 2.45) is 0 Å². The molecule has 5 rings (SSSR count). The summed E-state index contributed by atoms with van der Waals surface area (Å²) in [6.45, 7) is 8.27. The van der Waals surface area contributed by atoms with Crippen LogP contribution in [0.15, 0.2) is 84.6 Å². The highest BCUT2D eigenvalue weighted by molar-refractivity contribution is 5.97. The molecule has 0 spiro atoms. The maximum Gasteiger partial charge on any atom is 0.289 e. The van der Waals surface area contributed by atoms with Gasteiger partial charge in [0.05, 0.1) is 6.04 Å². The van der Waals surface area contributed by atoms with Crippen LogP contribution in [0.5, 0.6) is 0 Å². The Morgan fingerprint density at radius 3 is 2.52 bits per heavy atom. The molecule has 3 aromatic carbocycles. The predicted octanol–water partition coefficient (Wildman–Crippen LogP) is 6.35.